The predicted molar refractivity (Wildman–Crippen MR) is 127 cm³/mol. The summed E-state index contributed by atoms with van der Waals surface area (Å²) in [5, 5.41) is 3.13. The molecule has 7 heteroatoms. The number of ether oxygens (including phenoxy) is 1. The molecule has 7 nitrogen and oxygen atoms in total. The molecule has 1 N–H and O–H groups in total. The Balaban J connectivity index is 1.18. The van der Waals surface area contributed by atoms with Crippen LogP contribution < -0.4 is 15.0 Å². The zero-order valence-corrected chi connectivity index (χ0v) is 19.1. The summed E-state index contributed by atoms with van der Waals surface area (Å²) in [5.41, 5.74) is 4.91. The fourth-order valence-electron chi connectivity index (χ4n) is 4.69. The van der Waals surface area contributed by atoms with Gasteiger partial charge in [-0.2, -0.15) is 0 Å². The molecular weight excluding hydrogens is 414 g/mol. The molecule has 0 aliphatic carbocycles. The minimum absolute atomic E-state index is 0.0287. The van der Waals surface area contributed by atoms with Gasteiger partial charge in [0.2, 0.25) is 5.91 Å². The van der Waals surface area contributed by atoms with E-state index in [1.165, 1.54) is 0 Å². The van der Waals surface area contributed by atoms with E-state index in [0.29, 0.717) is 13.1 Å². The maximum Gasteiger partial charge on any atom is 0.225 e. The van der Waals surface area contributed by atoms with Crippen molar-refractivity contribution in [2.45, 2.75) is 39.2 Å². The van der Waals surface area contributed by atoms with E-state index >= 15 is 0 Å². The molecule has 4 heterocycles. The summed E-state index contributed by atoms with van der Waals surface area (Å²) < 4.78 is 6.11. The molecule has 1 aromatic carbocycles. The first-order valence-electron chi connectivity index (χ1n) is 11.6. The zero-order valence-electron chi connectivity index (χ0n) is 19.1. The Morgan fingerprint density at radius 1 is 1.21 bits per heavy atom. The van der Waals surface area contributed by atoms with E-state index < -0.39 is 0 Å². The minimum atomic E-state index is -0.0561. The quantitative estimate of drug-likeness (QED) is 0.650. The van der Waals surface area contributed by atoms with Crippen molar-refractivity contribution in [1.82, 2.24) is 20.3 Å². The monoisotopic (exact) mass is 443 g/mol. The highest BCUT2D eigenvalue weighted by Gasteiger charge is 2.29. The molecule has 0 radical (unpaired) electrons. The van der Waals surface area contributed by atoms with Crippen LogP contribution in [0, 0.1) is 19.8 Å². The number of hydrogen-bond acceptors (Lipinski definition) is 6. The van der Waals surface area contributed by atoms with E-state index in [9.17, 15) is 4.79 Å². The molecule has 0 unspecified atom stereocenters. The number of nitrogens with one attached hydrogen (secondary N) is 1. The third kappa shape index (κ3) is 4.67. The minimum Gasteiger partial charge on any atom is -0.488 e. The van der Waals surface area contributed by atoms with Crippen LogP contribution in [0.15, 0.2) is 48.8 Å². The number of fused-ring (bicyclic) bond motifs is 1. The summed E-state index contributed by atoms with van der Waals surface area (Å²) in [6.45, 7) is 6.08. The molecule has 0 bridgehead atoms. The van der Waals surface area contributed by atoms with Crippen molar-refractivity contribution in [3.63, 3.8) is 0 Å². The molecular formula is C26H29N5O2. The number of anilines is 1. The molecule has 2 atom stereocenters. The number of rotatable bonds is 5. The van der Waals surface area contributed by atoms with Crippen molar-refractivity contribution < 1.29 is 9.53 Å². The topological polar surface area (TPSA) is 80.2 Å². The first-order chi connectivity index (χ1) is 16.1. The Hall–Kier alpha value is -3.48. The molecule has 2 aliphatic heterocycles. The number of benzene rings is 1. The predicted octanol–water partition coefficient (Wildman–Crippen LogP) is 3.49. The first-order valence-corrected chi connectivity index (χ1v) is 11.6. The summed E-state index contributed by atoms with van der Waals surface area (Å²) in [6.07, 6.45) is 6.19. The highest BCUT2D eigenvalue weighted by molar-refractivity contribution is 5.79. The van der Waals surface area contributed by atoms with Gasteiger partial charge in [-0.05, 0) is 62.6 Å². The van der Waals surface area contributed by atoms with Crippen molar-refractivity contribution in [3.8, 4) is 17.0 Å². The van der Waals surface area contributed by atoms with Crippen LogP contribution in [0.5, 0.6) is 5.75 Å². The lowest BCUT2D eigenvalue weighted by atomic mass is 9.97. The van der Waals surface area contributed by atoms with E-state index in [0.717, 1.165) is 65.6 Å². The van der Waals surface area contributed by atoms with Gasteiger partial charge in [0.05, 0.1) is 29.5 Å². The van der Waals surface area contributed by atoms with Crippen LogP contribution in [0.25, 0.3) is 11.3 Å². The molecule has 1 fully saturated rings. The van der Waals surface area contributed by atoms with Crippen LogP contribution >= 0.6 is 0 Å². The lowest BCUT2D eigenvalue weighted by Crippen LogP contribution is -2.45. The number of pyridine rings is 1. The van der Waals surface area contributed by atoms with E-state index in [4.69, 9.17) is 4.74 Å². The van der Waals surface area contributed by atoms with E-state index in [1.54, 1.807) is 12.4 Å². The highest BCUT2D eigenvalue weighted by atomic mass is 16.5. The van der Waals surface area contributed by atoms with Gasteiger partial charge in [0.15, 0.2) is 0 Å². The molecule has 1 amide bonds. The van der Waals surface area contributed by atoms with Crippen LogP contribution in [-0.4, -0.2) is 46.6 Å². The van der Waals surface area contributed by atoms with Gasteiger partial charge in [-0.15, -0.1) is 0 Å². The second-order valence-electron chi connectivity index (χ2n) is 8.93. The second-order valence-corrected chi connectivity index (χ2v) is 8.93. The molecule has 0 spiro atoms. The molecule has 0 saturated carbocycles. The number of hydrogen-bond donors (Lipinski definition) is 1. The summed E-state index contributed by atoms with van der Waals surface area (Å²) in [7, 11) is 0. The van der Waals surface area contributed by atoms with Crippen molar-refractivity contribution in [3.05, 3.63) is 65.7 Å². The Bertz CT molecular complexity index is 1150. The van der Waals surface area contributed by atoms with Gasteiger partial charge in [0, 0.05) is 37.5 Å². The third-order valence-corrected chi connectivity index (χ3v) is 6.42. The van der Waals surface area contributed by atoms with Gasteiger partial charge in [-0.3, -0.25) is 9.78 Å². The van der Waals surface area contributed by atoms with Crippen LogP contribution in [-0.2, 0) is 11.2 Å². The summed E-state index contributed by atoms with van der Waals surface area (Å²) in [5.74, 6) is 1.89. The first kappa shape index (κ1) is 21.4. The largest absolute Gasteiger partial charge is 0.488 e. The van der Waals surface area contributed by atoms with Crippen molar-refractivity contribution in [2.75, 3.05) is 24.5 Å². The normalized spacial score (nSPS) is 19.6. The Kier molecular flexibility index (Phi) is 5.94. The van der Waals surface area contributed by atoms with Crippen LogP contribution in [0.3, 0.4) is 0 Å². The lowest BCUT2D eigenvalue weighted by Gasteiger charge is -2.33. The number of aryl methyl sites for hydroxylation is 2. The molecule has 2 aliphatic rings. The van der Waals surface area contributed by atoms with Gasteiger partial charge in [-0.25, -0.2) is 9.97 Å². The van der Waals surface area contributed by atoms with Crippen LogP contribution in [0.4, 0.5) is 5.82 Å². The van der Waals surface area contributed by atoms with Crippen molar-refractivity contribution >= 4 is 11.7 Å². The second kappa shape index (κ2) is 9.17. The van der Waals surface area contributed by atoms with Gasteiger partial charge in [-0.1, -0.05) is 6.07 Å². The van der Waals surface area contributed by atoms with Crippen LogP contribution in [0.2, 0.25) is 0 Å². The molecule has 33 heavy (non-hydrogen) atoms. The summed E-state index contributed by atoms with van der Waals surface area (Å²) in [6, 6.07) is 12.1. The Labute approximate surface area is 194 Å². The van der Waals surface area contributed by atoms with Gasteiger partial charge in [0.25, 0.3) is 0 Å². The summed E-state index contributed by atoms with van der Waals surface area (Å²) >= 11 is 0. The zero-order chi connectivity index (χ0) is 22.8. The van der Waals surface area contributed by atoms with Gasteiger partial charge in [0.1, 0.15) is 17.7 Å². The number of nitrogens with zero attached hydrogens (tertiary/aromatic N) is 4. The number of amides is 1. The Morgan fingerprint density at radius 3 is 2.97 bits per heavy atom. The van der Waals surface area contributed by atoms with E-state index in [1.807, 2.05) is 44.2 Å². The maximum absolute atomic E-state index is 12.9. The maximum atomic E-state index is 12.9. The number of piperidine rings is 1. The number of aromatic nitrogens is 3. The highest BCUT2D eigenvalue weighted by Crippen LogP contribution is 2.33. The van der Waals surface area contributed by atoms with E-state index in [2.05, 4.69) is 31.2 Å². The van der Waals surface area contributed by atoms with Gasteiger partial charge < -0.3 is 15.0 Å². The average Bonchev–Trinajstić information content (AvgIpc) is 3.27. The SMILES string of the molecule is Cc1cnc(C)c(-c2ccc3c(c2)C[C@H](CNC(=O)[C@H]2CCCN(c4ccccn4)C2)O3)n1. The van der Waals surface area contributed by atoms with Gasteiger partial charge >= 0.3 is 0 Å². The van der Waals surface area contributed by atoms with Crippen molar-refractivity contribution in [1.29, 1.82) is 0 Å². The fraction of sp³-hybridized carbons (Fsp3) is 0.385. The average molecular weight is 444 g/mol. The third-order valence-electron chi connectivity index (χ3n) is 6.42. The fourth-order valence-corrected chi connectivity index (χ4v) is 4.69. The molecule has 2 aromatic heterocycles. The lowest BCUT2D eigenvalue weighted by molar-refractivity contribution is -0.125. The summed E-state index contributed by atoms with van der Waals surface area (Å²) in [4.78, 5) is 28.6. The number of carbonyl (C=O) groups excluding carboxylic acids is 1. The molecule has 5 rings (SSSR count). The molecule has 3 aromatic rings. The van der Waals surface area contributed by atoms with E-state index in [-0.39, 0.29) is 17.9 Å². The standard InChI is InChI=1S/C26H29N5O2/c1-17-14-28-18(2)25(30-17)19-8-9-23-21(12-19)13-22(33-23)15-29-26(32)20-6-5-11-31(16-20)24-7-3-4-10-27-24/h3-4,7-10,12,14,20,22H,5-6,11,13,15-16H2,1-2H3,(H,29,32)/t20-,22+/m0/s1. The molecule has 170 valence electrons. The number of carbonyl (C=O) groups is 1. The molecule has 1 saturated heterocycles. The van der Waals surface area contributed by atoms with Crippen molar-refractivity contribution in [2.24, 2.45) is 5.92 Å². The Morgan fingerprint density at radius 2 is 2.12 bits per heavy atom. The van der Waals surface area contributed by atoms with Crippen LogP contribution in [0.1, 0.15) is 29.8 Å². The smallest absolute Gasteiger partial charge is 0.225 e.